The van der Waals surface area contributed by atoms with Gasteiger partial charge in [0.15, 0.2) is 0 Å². The minimum Gasteiger partial charge on any atom is -0.423 e. The van der Waals surface area contributed by atoms with E-state index in [0.29, 0.717) is 26.3 Å². The number of sulfonamides is 1. The molecule has 7 nitrogen and oxygen atoms in total. The minimum absolute atomic E-state index is 0.0419. The van der Waals surface area contributed by atoms with Gasteiger partial charge in [-0.25, -0.2) is 8.42 Å². The summed E-state index contributed by atoms with van der Waals surface area (Å²) in [6, 6.07) is 6.31. The van der Waals surface area contributed by atoms with Gasteiger partial charge in [-0.2, -0.15) is 4.31 Å². The van der Waals surface area contributed by atoms with Crippen LogP contribution >= 0.6 is 6.72 Å². The van der Waals surface area contributed by atoms with Gasteiger partial charge in [0.05, 0.1) is 13.2 Å². The first-order valence-corrected chi connectivity index (χ1v) is 10.5. The molecule has 0 amide bonds. The standard InChI is InChI=1S/C12H18NO6PS2/c1-16-20(21,17-2)19-11-5-3-4-6-12(11)22(14,15)13-7-9-18-10-8-13/h3-6H,7-10H2,1-2H3. The molecule has 1 fully saturated rings. The van der Waals surface area contributed by atoms with E-state index in [-0.39, 0.29) is 10.6 Å². The Bertz CT molecular complexity index is 651. The van der Waals surface area contributed by atoms with E-state index in [4.69, 9.17) is 30.1 Å². The lowest BCUT2D eigenvalue weighted by Gasteiger charge is -2.27. The van der Waals surface area contributed by atoms with Crippen molar-refractivity contribution >= 4 is 28.5 Å². The zero-order valence-electron chi connectivity index (χ0n) is 12.3. The molecule has 1 aromatic carbocycles. The normalized spacial score (nSPS) is 17.4. The zero-order chi connectivity index (χ0) is 16.2. The van der Waals surface area contributed by atoms with Crippen LogP contribution in [0.3, 0.4) is 0 Å². The third kappa shape index (κ3) is 3.86. The molecule has 0 N–H and O–H groups in total. The predicted molar refractivity (Wildman–Crippen MR) is 85.0 cm³/mol. The predicted octanol–water partition coefficient (Wildman–Crippen LogP) is 1.60. The molecule has 0 unspecified atom stereocenters. The van der Waals surface area contributed by atoms with E-state index in [9.17, 15) is 8.42 Å². The Kier molecular flexibility index (Phi) is 5.95. The van der Waals surface area contributed by atoms with Gasteiger partial charge in [-0.3, -0.25) is 0 Å². The van der Waals surface area contributed by atoms with E-state index in [0.717, 1.165) is 0 Å². The molecule has 1 aliphatic rings. The van der Waals surface area contributed by atoms with Crippen molar-refractivity contribution in [3.8, 4) is 5.75 Å². The summed E-state index contributed by atoms with van der Waals surface area (Å²) in [6.45, 7) is -1.66. The molecule has 0 spiro atoms. The van der Waals surface area contributed by atoms with E-state index >= 15 is 0 Å². The Morgan fingerprint density at radius 3 is 2.36 bits per heavy atom. The minimum atomic E-state index is -3.69. The zero-order valence-corrected chi connectivity index (χ0v) is 14.8. The van der Waals surface area contributed by atoms with Crippen LogP contribution in [0.2, 0.25) is 0 Å². The lowest BCUT2D eigenvalue weighted by molar-refractivity contribution is 0.0730. The summed E-state index contributed by atoms with van der Waals surface area (Å²) < 4.78 is 47.7. The molecule has 2 rings (SSSR count). The second kappa shape index (κ2) is 7.35. The molecule has 10 heteroatoms. The fourth-order valence-corrected chi connectivity index (χ4v) is 4.46. The summed E-state index contributed by atoms with van der Waals surface area (Å²) in [7, 11) is -0.964. The van der Waals surface area contributed by atoms with Crippen molar-refractivity contribution in [1.29, 1.82) is 0 Å². The van der Waals surface area contributed by atoms with E-state index in [1.54, 1.807) is 12.1 Å². The average molecular weight is 367 g/mol. The van der Waals surface area contributed by atoms with Crippen molar-refractivity contribution in [2.24, 2.45) is 0 Å². The third-order valence-electron chi connectivity index (χ3n) is 3.09. The smallest absolute Gasteiger partial charge is 0.380 e. The molecule has 0 bridgehead atoms. The molecule has 0 aliphatic carbocycles. The molecule has 1 aromatic rings. The number of benzene rings is 1. The molecule has 0 saturated carbocycles. The van der Waals surface area contributed by atoms with Gasteiger partial charge in [0.1, 0.15) is 10.6 Å². The first-order valence-electron chi connectivity index (χ1n) is 6.51. The number of nitrogens with zero attached hydrogens (tertiary/aromatic N) is 1. The number of morpholine rings is 1. The summed E-state index contributed by atoms with van der Waals surface area (Å²) >= 11 is 5.14. The van der Waals surface area contributed by atoms with Crippen LogP contribution < -0.4 is 4.52 Å². The highest BCUT2D eigenvalue weighted by molar-refractivity contribution is 8.07. The Morgan fingerprint density at radius 1 is 1.18 bits per heavy atom. The summed E-state index contributed by atoms with van der Waals surface area (Å²) in [5.41, 5.74) is 0. The summed E-state index contributed by atoms with van der Waals surface area (Å²) in [4.78, 5) is 0.0419. The van der Waals surface area contributed by atoms with Crippen molar-refractivity contribution in [2.45, 2.75) is 4.90 Å². The largest absolute Gasteiger partial charge is 0.423 e. The first-order chi connectivity index (χ1) is 10.4. The van der Waals surface area contributed by atoms with Crippen LogP contribution in [0.5, 0.6) is 5.75 Å². The van der Waals surface area contributed by atoms with Crippen molar-refractivity contribution in [3.63, 3.8) is 0 Å². The van der Waals surface area contributed by atoms with Crippen molar-refractivity contribution in [3.05, 3.63) is 24.3 Å². The number of hydrogen-bond acceptors (Lipinski definition) is 7. The summed E-state index contributed by atoms with van der Waals surface area (Å²) in [6.07, 6.45) is 0. The molecule has 0 atom stereocenters. The molecular formula is C12H18NO6PS2. The molecule has 1 saturated heterocycles. The lowest BCUT2D eigenvalue weighted by Crippen LogP contribution is -2.40. The topological polar surface area (TPSA) is 74.3 Å². The second-order valence-corrected chi connectivity index (χ2v) is 9.42. The molecule has 22 heavy (non-hydrogen) atoms. The van der Waals surface area contributed by atoms with Crippen LogP contribution in [0.4, 0.5) is 0 Å². The van der Waals surface area contributed by atoms with Crippen LogP contribution in [-0.2, 0) is 35.6 Å². The molecule has 124 valence electrons. The maximum Gasteiger partial charge on any atom is 0.380 e. The molecular weight excluding hydrogens is 349 g/mol. The molecule has 1 heterocycles. The van der Waals surface area contributed by atoms with E-state index in [2.05, 4.69) is 0 Å². The third-order valence-corrected chi connectivity index (χ3v) is 7.47. The maximum absolute atomic E-state index is 12.8. The van der Waals surface area contributed by atoms with Crippen molar-refractivity contribution in [1.82, 2.24) is 4.31 Å². The fraction of sp³-hybridized carbons (Fsp3) is 0.500. The molecule has 0 aromatic heterocycles. The van der Waals surface area contributed by atoms with E-state index in [1.807, 2.05) is 0 Å². The van der Waals surface area contributed by atoms with Crippen LogP contribution in [0.15, 0.2) is 29.2 Å². The Morgan fingerprint density at radius 2 is 1.77 bits per heavy atom. The van der Waals surface area contributed by atoms with Gasteiger partial charge in [0, 0.05) is 39.1 Å². The van der Waals surface area contributed by atoms with Crippen LogP contribution in [0.1, 0.15) is 0 Å². The number of ether oxygens (including phenoxy) is 1. The molecule has 0 radical (unpaired) electrons. The quantitative estimate of drug-likeness (QED) is 0.707. The lowest BCUT2D eigenvalue weighted by atomic mass is 10.3. The van der Waals surface area contributed by atoms with Gasteiger partial charge in [0.25, 0.3) is 0 Å². The van der Waals surface area contributed by atoms with Gasteiger partial charge in [-0.1, -0.05) is 12.1 Å². The monoisotopic (exact) mass is 367 g/mol. The average Bonchev–Trinajstić information content (AvgIpc) is 2.56. The highest BCUT2D eigenvalue weighted by atomic mass is 32.5. The highest BCUT2D eigenvalue weighted by Gasteiger charge is 2.31. The number of rotatable bonds is 6. The van der Waals surface area contributed by atoms with Gasteiger partial charge in [-0.15, -0.1) is 0 Å². The SMILES string of the molecule is COP(=S)(OC)Oc1ccccc1S(=O)(=O)N1CCOCC1. The van der Waals surface area contributed by atoms with Crippen molar-refractivity contribution in [2.75, 3.05) is 40.5 Å². The first kappa shape index (κ1) is 17.8. The Labute approximate surface area is 135 Å². The van der Waals surface area contributed by atoms with Crippen LogP contribution in [0.25, 0.3) is 0 Å². The summed E-state index contributed by atoms with van der Waals surface area (Å²) in [5, 5.41) is 0. The Balaban J connectivity index is 2.37. The van der Waals surface area contributed by atoms with Crippen molar-refractivity contribution < 1.29 is 26.7 Å². The number of para-hydroxylation sites is 1. The maximum atomic E-state index is 12.8. The number of hydrogen-bond donors (Lipinski definition) is 0. The van der Waals surface area contributed by atoms with Gasteiger partial charge in [0.2, 0.25) is 10.0 Å². The van der Waals surface area contributed by atoms with Gasteiger partial charge < -0.3 is 18.3 Å². The summed E-state index contributed by atoms with van der Waals surface area (Å²) in [5.74, 6) is 0.126. The van der Waals surface area contributed by atoms with Crippen LogP contribution in [-0.4, -0.2) is 53.2 Å². The Hall–Kier alpha value is -0.540. The van der Waals surface area contributed by atoms with E-state index < -0.39 is 16.7 Å². The van der Waals surface area contributed by atoms with Crippen LogP contribution in [0, 0.1) is 0 Å². The molecule has 1 aliphatic heterocycles. The second-order valence-electron chi connectivity index (χ2n) is 4.37. The van der Waals surface area contributed by atoms with Gasteiger partial charge >= 0.3 is 6.72 Å². The van der Waals surface area contributed by atoms with Gasteiger partial charge in [-0.05, 0) is 12.1 Å². The highest BCUT2D eigenvalue weighted by Crippen LogP contribution is 2.49. The fourth-order valence-electron chi connectivity index (χ4n) is 1.93. The van der Waals surface area contributed by atoms with E-state index in [1.165, 1.54) is 30.7 Å².